The van der Waals surface area contributed by atoms with Crippen LogP contribution in [0, 0.1) is 11.3 Å². The molecule has 0 bridgehead atoms. The summed E-state index contributed by atoms with van der Waals surface area (Å²) < 4.78 is 1.70. The van der Waals surface area contributed by atoms with E-state index in [4.69, 9.17) is 22.6 Å². The fraction of sp³-hybridized carbons (Fsp3) is 0.400. The van der Waals surface area contributed by atoms with Crippen LogP contribution >= 0.6 is 11.6 Å². The van der Waals surface area contributed by atoms with Crippen molar-refractivity contribution in [2.45, 2.75) is 20.4 Å². The first-order valence-electron chi connectivity index (χ1n) is 4.81. The number of anilines is 2. The molecule has 0 aromatic carbocycles. The largest absolute Gasteiger partial charge is 0.384 e. The number of hydrogen-bond acceptors (Lipinski definition) is 3. The highest BCUT2D eigenvalue weighted by Gasteiger charge is 2.17. The second-order valence-electron chi connectivity index (χ2n) is 3.04. The molecule has 0 atom stereocenters. The molecule has 0 aliphatic heterocycles. The SMILES string of the molecule is CCNc1cc(N)[n+](CC)c(Cl)c1C#N. The molecule has 0 spiro atoms. The highest BCUT2D eigenvalue weighted by Crippen LogP contribution is 2.22. The van der Waals surface area contributed by atoms with Gasteiger partial charge in [-0.1, -0.05) is 0 Å². The minimum absolute atomic E-state index is 0.385. The number of rotatable bonds is 3. The van der Waals surface area contributed by atoms with E-state index in [2.05, 4.69) is 11.4 Å². The molecular weight excluding hydrogens is 212 g/mol. The summed E-state index contributed by atoms with van der Waals surface area (Å²) in [5.41, 5.74) is 6.94. The molecule has 1 rings (SSSR count). The van der Waals surface area contributed by atoms with E-state index >= 15 is 0 Å². The molecule has 0 unspecified atom stereocenters. The summed E-state index contributed by atoms with van der Waals surface area (Å²) in [7, 11) is 0. The number of aromatic nitrogens is 1. The number of nitrogens with zero attached hydrogens (tertiary/aromatic N) is 2. The second kappa shape index (κ2) is 4.85. The van der Waals surface area contributed by atoms with Gasteiger partial charge in [-0.25, -0.2) is 4.57 Å². The first-order valence-corrected chi connectivity index (χ1v) is 5.19. The summed E-state index contributed by atoms with van der Waals surface area (Å²) in [6.07, 6.45) is 0. The lowest BCUT2D eigenvalue weighted by molar-refractivity contribution is -0.677. The van der Waals surface area contributed by atoms with Crippen molar-refractivity contribution >= 4 is 23.1 Å². The predicted molar refractivity (Wildman–Crippen MR) is 60.6 cm³/mol. The van der Waals surface area contributed by atoms with Crippen molar-refractivity contribution in [2.24, 2.45) is 0 Å². The highest BCUT2D eigenvalue weighted by atomic mass is 35.5. The summed E-state index contributed by atoms with van der Waals surface area (Å²) >= 11 is 6.08. The number of pyridine rings is 1. The van der Waals surface area contributed by atoms with E-state index < -0.39 is 0 Å². The molecule has 0 fully saturated rings. The first-order chi connectivity index (χ1) is 7.15. The average Bonchev–Trinajstić information content (AvgIpc) is 2.19. The molecule has 0 radical (unpaired) electrons. The monoisotopic (exact) mass is 225 g/mol. The molecule has 15 heavy (non-hydrogen) atoms. The van der Waals surface area contributed by atoms with E-state index in [0.717, 1.165) is 6.54 Å². The summed E-state index contributed by atoms with van der Waals surface area (Å²) in [5.74, 6) is 0.553. The summed E-state index contributed by atoms with van der Waals surface area (Å²) in [6.45, 7) is 5.24. The van der Waals surface area contributed by atoms with Gasteiger partial charge in [-0.05, 0) is 25.4 Å². The van der Waals surface area contributed by atoms with Crippen molar-refractivity contribution < 1.29 is 4.57 Å². The molecule has 0 aliphatic rings. The Morgan fingerprint density at radius 2 is 2.27 bits per heavy atom. The summed E-state index contributed by atoms with van der Waals surface area (Å²) in [5, 5.41) is 12.5. The molecule has 1 aromatic heterocycles. The smallest absolute Gasteiger partial charge is 0.275 e. The highest BCUT2D eigenvalue weighted by molar-refractivity contribution is 6.30. The van der Waals surface area contributed by atoms with Crippen molar-refractivity contribution in [3.8, 4) is 6.07 Å². The number of nitrogen functional groups attached to an aromatic ring is 1. The average molecular weight is 226 g/mol. The number of nitrogens with two attached hydrogens (primary N) is 1. The van der Waals surface area contributed by atoms with Crippen LogP contribution in [0.5, 0.6) is 0 Å². The van der Waals surface area contributed by atoms with Gasteiger partial charge in [0.05, 0.1) is 18.3 Å². The second-order valence-corrected chi connectivity index (χ2v) is 3.39. The Labute approximate surface area is 94.3 Å². The maximum Gasteiger partial charge on any atom is 0.275 e. The number of nitriles is 1. The van der Waals surface area contributed by atoms with Crippen LogP contribution in [0.1, 0.15) is 19.4 Å². The summed E-state index contributed by atoms with van der Waals surface area (Å²) in [4.78, 5) is 0. The van der Waals surface area contributed by atoms with Crippen LogP contribution in [0.25, 0.3) is 0 Å². The van der Waals surface area contributed by atoms with Crippen molar-refractivity contribution in [1.29, 1.82) is 5.26 Å². The maximum atomic E-state index is 9.01. The minimum Gasteiger partial charge on any atom is -0.384 e. The van der Waals surface area contributed by atoms with Crippen molar-refractivity contribution in [2.75, 3.05) is 17.6 Å². The third kappa shape index (κ3) is 2.13. The Bertz CT molecular complexity index is 409. The lowest BCUT2D eigenvalue weighted by atomic mass is 10.2. The molecule has 0 amide bonds. The van der Waals surface area contributed by atoms with E-state index in [-0.39, 0.29) is 0 Å². The fourth-order valence-corrected chi connectivity index (χ4v) is 1.78. The van der Waals surface area contributed by atoms with Gasteiger partial charge in [-0.3, -0.25) is 5.73 Å². The molecule has 0 saturated carbocycles. The van der Waals surface area contributed by atoms with Crippen molar-refractivity contribution in [3.63, 3.8) is 0 Å². The Kier molecular flexibility index (Phi) is 3.75. The van der Waals surface area contributed by atoms with Gasteiger partial charge >= 0.3 is 0 Å². The van der Waals surface area contributed by atoms with E-state index in [0.29, 0.717) is 28.8 Å². The van der Waals surface area contributed by atoms with E-state index in [1.165, 1.54) is 0 Å². The molecule has 4 nitrogen and oxygen atoms in total. The van der Waals surface area contributed by atoms with E-state index in [1.807, 2.05) is 13.8 Å². The van der Waals surface area contributed by atoms with Crippen LogP contribution in [-0.2, 0) is 6.54 Å². The first kappa shape index (κ1) is 11.6. The zero-order valence-electron chi connectivity index (χ0n) is 8.84. The van der Waals surface area contributed by atoms with Crippen LogP contribution in [0.3, 0.4) is 0 Å². The molecule has 0 aliphatic carbocycles. The van der Waals surface area contributed by atoms with Crippen LogP contribution in [-0.4, -0.2) is 6.54 Å². The van der Waals surface area contributed by atoms with Crippen molar-refractivity contribution in [3.05, 3.63) is 16.8 Å². The lowest BCUT2D eigenvalue weighted by Gasteiger charge is -2.09. The van der Waals surface area contributed by atoms with Gasteiger partial charge < -0.3 is 5.32 Å². The van der Waals surface area contributed by atoms with Crippen LogP contribution in [0.2, 0.25) is 5.15 Å². The van der Waals surface area contributed by atoms with Gasteiger partial charge in [0.25, 0.3) is 5.82 Å². The Morgan fingerprint density at radius 1 is 1.60 bits per heavy atom. The minimum atomic E-state index is 0.385. The molecule has 5 heteroatoms. The molecule has 1 heterocycles. The quantitative estimate of drug-likeness (QED) is 0.606. The third-order valence-electron chi connectivity index (χ3n) is 2.11. The fourth-order valence-electron chi connectivity index (χ4n) is 1.42. The van der Waals surface area contributed by atoms with Gasteiger partial charge in [-0.2, -0.15) is 5.26 Å². The standard InChI is InChI=1S/C10H13ClN4/c1-3-14-8-5-9(13)15(4-2)10(11)7(8)6-12/h5H,3-4H2,1-2H3,(H2,13,14)/p+1. The number of halogens is 1. The predicted octanol–water partition coefficient (Wildman–Crippen LogP) is 1.53. The van der Waals surface area contributed by atoms with Crippen LogP contribution in [0.15, 0.2) is 6.07 Å². The Morgan fingerprint density at radius 3 is 2.73 bits per heavy atom. The number of hydrogen-bond donors (Lipinski definition) is 2. The van der Waals surface area contributed by atoms with Gasteiger partial charge in [0.1, 0.15) is 11.6 Å². The van der Waals surface area contributed by atoms with E-state index in [1.54, 1.807) is 10.6 Å². The lowest BCUT2D eigenvalue weighted by Crippen LogP contribution is -2.38. The zero-order chi connectivity index (χ0) is 11.4. The molecule has 0 saturated heterocycles. The van der Waals surface area contributed by atoms with Gasteiger partial charge in [0.2, 0.25) is 5.15 Å². The van der Waals surface area contributed by atoms with E-state index in [9.17, 15) is 0 Å². The van der Waals surface area contributed by atoms with Crippen LogP contribution < -0.4 is 15.6 Å². The van der Waals surface area contributed by atoms with Gasteiger partial charge in [-0.15, -0.1) is 0 Å². The van der Waals surface area contributed by atoms with Crippen molar-refractivity contribution in [1.82, 2.24) is 0 Å². The topological polar surface area (TPSA) is 65.7 Å². The normalized spacial score (nSPS) is 9.73. The zero-order valence-corrected chi connectivity index (χ0v) is 9.60. The molecule has 80 valence electrons. The maximum absolute atomic E-state index is 9.01. The Balaban J connectivity index is 3.39. The third-order valence-corrected chi connectivity index (χ3v) is 2.50. The van der Waals surface area contributed by atoms with Crippen LogP contribution in [0.4, 0.5) is 11.5 Å². The molecule has 3 N–H and O–H groups in total. The van der Waals surface area contributed by atoms with Gasteiger partial charge in [0.15, 0.2) is 0 Å². The summed E-state index contributed by atoms with van der Waals surface area (Å²) in [6, 6.07) is 3.81. The van der Waals surface area contributed by atoms with Gasteiger partial charge in [0, 0.05) is 6.54 Å². The number of nitrogens with one attached hydrogen (secondary N) is 1. The Hall–Kier alpha value is -1.47. The molecule has 1 aromatic rings. The molecular formula is C10H14ClN4+.